The van der Waals surface area contributed by atoms with Gasteiger partial charge < -0.3 is 4.74 Å². The van der Waals surface area contributed by atoms with E-state index in [4.69, 9.17) is 4.74 Å². The van der Waals surface area contributed by atoms with E-state index in [1.54, 1.807) is 18.5 Å². The van der Waals surface area contributed by atoms with Crippen molar-refractivity contribution in [3.63, 3.8) is 0 Å². The van der Waals surface area contributed by atoms with Crippen molar-refractivity contribution in [2.24, 2.45) is 0 Å². The highest BCUT2D eigenvalue weighted by Crippen LogP contribution is 2.28. The summed E-state index contributed by atoms with van der Waals surface area (Å²) in [6.07, 6.45) is 0. The second kappa shape index (κ2) is 9.33. The number of carbonyl (C=O) groups is 3. The Bertz CT molecular complexity index is 1310. The molecule has 0 saturated carbocycles. The molecule has 0 aliphatic heterocycles. The lowest BCUT2D eigenvalue weighted by Gasteiger charge is -2.17. The minimum Gasteiger partial charge on any atom is -0.450 e. The number of thiazole rings is 1. The van der Waals surface area contributed by atoms with Gasteiger partial charge in [-0.2, -0.15) is 5.10 Å². The summed E-state index contributed by atoms with van der Waals surface area (Å²) in [5.74, 6) is -2.38. The molecule has 0 saturated heterocycles. The Morgan fingerprint density at radius 3 is 2.42 bits per heavy atom. The number of ketones is 1. The molecule has 0 atom stereocenters. The van der Waals surface area contributed by atoms with Crippen molar-refractivity contribution in [2.45, 2.75) is 20.8 Å². The Labute approximate surface area is 194 Å². The fourth-order valence-corrected chi connectivity index (χ4v) is 4.61. The number of hydrogen-bond donors (Lipinski definition) is 0. The molecule has 0 fully saturated rings. The predicted octanol–water partition coefficient (Wildman–Crippen LogP) is 3.88. The number of esters is 1. The van der Waals surface area contributed by atoms with Crippen LogP contribution in [-0.4, -0.2) is 45.6 Å². The molecule has 2 aromatic carbocycles. The van der Waals surface area contributed by atoms with Gasteiger partial charge in [0.05, 0.1) is 32.9 Å². The normalized spacial score (nSPS) is 10.9. The van der Waals surface area contributed by atoms with Crippen LogP contribution in [0.5, 0.6) is 0 Å². The summed E-state index contributed by atoms with van der Waals surface area (Å²) in [6.45, 7) is 4.97. The zero-order valence-corrected chi connectivity index (χ0v) is 19.3. The summed E-state index contributed by atoms with van der Waals surface area (Å²) in [4.78, 5) is 43.9. The molecule has 0 N–H and O–H groups in total. The highest BCUT2D eigenvalue weighted by atomic mass is 32.1. The van der Waals surface area contributed by atoms with Gasteiger partial charge in [0.2, 0.25) is 0 Å². The SMILES string of the molecule is CCN(C(=O)COC(=O)C(=O)c1c(C)nn(-c2ccccc2)c1C)c1nc2ccccc2s1. The Balaban J connectivity index is 1.46. The summed E-state index contributed by atoms with van der Waals surface area (Å²) < 4.78 is 7.64. The number of likely N-dealkylation sites (N-methyl/N-ethyl adjacent to an activating group) is 1. The van der Waals surface area contributed by atoms with Crippen LogP contribution in [0.1, 0.15) is 28.7 Å². The average Bonchev–Trinajstić information content (AvgIpc) is 3.38. The molecule has 33 heavy (non-hydrogen) atoms. The van der Waals surface area contributed by atoms with Crippen molar-refractivity contribution >= 4 is 44.3 Å². The van der Waals surface area contributed by atoms with Crippen LogP contribution in [0.2, 0.25) is 0 Å². The average molecular weight is 463 g/mol. The van der Waals surface area contributed by atoms with E-state index in [2.05, 4.69) is 10.1 Å². The summed E-state index contributed by atoms with van der Waals surface area (Å²) >= 11 is 1.38. The van der Waals surface area contributed by atoms with Crippen LogP contribution in [0.15, 0.2) is 54.6 Å². The van der Waals surface area contributed by atoms with E-state index in [0.717, 1.165) is 15.9 Å². The van der Waals surface area contributed by atoms with Crippen LogP contribution in [0.3, 0.4) is 0 Å². The highest BCUT2D eigenvalue weighted by molar-refractivity contribution is 7.22. The quantitative estimate of drug-likeness (QED) is 0.235. The van der Waals surface area contributed by atoms with Gasteiger partial charge in [-0.25, -0.2) is 14.5 Å². The second-order valence-corrected chi connectivity index (χ2v) is 8.31. The maximum Gasteiger partial charge on any atom is 0.380 e. The number of carbonyl (C=O) groups excluding carboxylic acids is 3. The summed E-state index contributed by atoms with van der Waals surface area (Å²) in [6, 6.07) is 16.9. The second-order valence-electron chi connectivity index (χ2n) is 7.30. The number of para-hydroxylation sites is 2. The number of anilines is 1. The van der Waals surface area contributed by atoms with Gasteiger partial charge >= 0.3 is 5.97 Å². The van der Waals surface area contributed by atoms with Crippen LogP contribution >= 0.6 is 11.3 Å². The van der Waals surface area contributed by atoms with Crippen LogP contribution < -0.4 is 4.90 Å². The number of amides is 1. The van der Waals surface area contributed by atoms with Gasteiger partial charge in [0.15, 0.2) is 11.7 Å². The van der Waals surface area contributed by atoms with Crippen molar-refractivity contribution in [1.29, 1.82) is 0 Å². The number of aryl methyl sites for hydroxylation is 1. The van der Waals surface area contributed by atoms with E-state index >= 15 is 0 Å². The molecular formula is C24H22N4O4S. The molecule has 9 heteroatoms. The molecule has 0 aliphatic rings. The van der Waals surface area contributed by atoms with Gasteiger partial charge in [0.1, 0.15) is 0 Å². The molecule has 0 unspecified atom stereocenters. The van der Waals surface area contributed by atoms with Gasteiger partial charge in [0, 0.05) is 6.54 Å². The van der Waals surface area contributed by atoms with Crippen LogP contribution in [-0.2, 0) is 14.3 Å². The molecule has 0 aliphatic carbocycles. The molecule has 4 rings (SSSR count). The molecule has 1 amide bonds. The highest BCUT2D eigenvalue weighted by Gasteiger charge is 2.28. The molecular weight excluding hydrogens is 440 g/mol. The third kappa shape index (κ3) is 4.40. The van der Waals surface area contributed by atoms with Gasteiger partial charge in [-0.05, 0) is 45.0 Å². The molecule has 0 spiro atoms. The van der Waals surface area contributed by atoms with E-state index in [9.17, 15) is 14.4 Å². The number of ether oxygens (including phenoxy) is 1. The van der Waals surface area contributed by atoms with Crippen molar-refractivity contribution < 1.29 is 19.1 Å². The van der Waals surface area contributed by atoms with Gasteiger partial charge in [-0.3, -0.25) is 14.5 Å². The van der Waals surface area contributed by atoms with Crippen molar-refractivity contribution in [2.75, 3.05) is 18.1 Å². The standard InChI is InChI=1S/C24H22N4O4S/c1-4-27(24-25-18-12-8-9-13-19(18)33-24)20(29)14-32-23(31)22(30)21-15(2)26-28(16(21)3)17-10-6-5-7-11-17/h5-13H,4,14H2,1-3H3. The fraction of sp³-hybridized carbons (Fsp3) is 0.208. The third-order valence-electron chi connectivity index (χ3n) is 5.16. The van der Waals surface area contributed by atoms with E-state index < -0.39 is 24.3 Å². The summed E-state index contributed by atoms with van der Waals surface area (Å²) in [7, 11) is 0. The van der Waals surface area contributed by atoms with E-state index in [-0.39, 0.29) is 5.56 Å². The van der Waals surface area contributed by atoms with E-state index in [0.29, 0.717) is 23.1 Å². The van der Waals surface area contributed by atoms with Crippen molar-refractivity contribution in [3.8, 4) is 5.69 Å². The van der Waals surface area contributed by atoms with Crippen molar-refractivity contribution in [1.82, 2.24) is 14.8 Å². The molecule has 8 nitrogen and oxygen atoms in total. The van der Waals surface area contributed by atoms with Crippen LogP contribution in [0.25, 0.3) is 15.9 Å². The van der Waals surface area contributed by atoms with Gasteiger partial charge in [0.25, 0.3) is 11.7 Å². The minimum atomic E-state index is -1.09. The lowest BCUT2D eigenvalue weighted by atomic mass is 10.1. The number of fused-ring (bicyclic) bond motifs is 1. The number of nitrogens with zero attached hydrogens (tertiary/aromatic N) is 4. The molecule has 168 valence electrons. The molecule has 2 aromatic heterocycles. The van der Waals surface area contributed by atoms with Crippen LogP contribution in [0.4, 0.5) is 5.13 Å². The fourth-order valence-electron chi connectivity index (χ4n) is 3.56. The monoisotopic (exact) mass is 462 g/mol. The Hall–Kier alpha value is -3.85. The number of benzene rings is 2. The Morgan fingerprint density at radius 2 is 1.73 bits per heavy atom. The zero-order chi connectivity index (χ0) is 23.5. The number of Topliss-reactive ketones (excluding diaryl/α,β-unsaturated/α-hetero) is 1. The lowest BCUT2D eigenvalue weighted by molar-refractivity contribution is -0.143. The maximum atomic E-state index is 12.8. The summed E-state index contributed by atoms with van der Waals surface area (Å²) in [5, 5.41) is 4.90. The number of aromatic nitrogens is 3. The largest absolute Gasteiger partial charge is 0.450 e. The first kappa shape index (κ1) is 22.3. The topological polar surface area (TPSA) is 94.4 Å². The summed E-state index contributed by atoms with van der Waals surface area (Å²) in [5.41, 5.74) is 2.67. The predicted molar refractivity (Wildman–Crippen MR) is 126 cm³/mol. The Kier molecular flexibility index (Phi) is 6.32. The minimum absolute atomic E-state index is 0.176. The lowest BCUT2D eigenvalue weighted by Crippen LogP contribution is -2.35. The zero-order valence-electron chi connectivity index (χ0n) is 18.4. The van der Waals surface area contributed by atoms with E-state index in [1.807, 2.05) is 61.5 Å². The van der Waals surface area contributed by atoms with Crippen LogP contribution in [0, 0.1) is 13.8 Å². The first-order valence-corrected chi connectivity index (χ1v) is 11.2. The van der Waals surface area contributed by atoms with E-state index in [1.165, 1.54) is 16.2 Å². The molecule has 0 radical (unpaired) electrons. The van der Waals surface area contributed by atoms with Gasteiger partial charge in [-0.1, -0.05) is 41.7 Å². The number of rotatable bonds is 7. The Morgan fingerprint density at radius 1 is 1.03 bits per heavy atom. The third-order valence-corrected chi connectivity index (χ3v) is 6.22. The van der Waals surface area contributed by atoms with Crippen molar-refractivity contribution in [3.05, 3.63) is 71.5 Å². The first-order chi connectivity index (χ1) is 15.9. The molecule has 0 bridgehead atoms. The van der Waals surface area contributed by atoms with Gasteiger partial charge in [-0.15, -0.1) is 0 Å². The molecule has 2 heterocycles. The molecule has 4 aromatic rings. The maximum absolute atomic E-state index is 12.8. The number of hydrogen-bond acceptors (Lipinski definition) is 7. The smallest absolute Gasteiger partial charge is 0.380 e. The first-order valence-electron chi connectivity index (χ1n) is 10.4.